The minimum atomic E-state index is -1.16. The van der Waals surface area contributed by atoms with Gasteiger partial charge in [-0.3, -0.25) is 19.2 Å². The van der Waals surface area contributed by atoms with Gasteiger partial charge in [0.15, 0.2) is 0 Å². The summed E-state index contributed by atoms with van der Waals surface area (Å²) in [5, 5.41) is 30.4. The van der Waals surface area contributed by atoms with E-state index in [1.54, 1.807) is 48.5 Å². The number of carbonyl (C=O) groups excluding carboxylic acids is 4. The second-order valence-electron chi connectivity index (χ2n) is 14.6. The monoisotopic (exact) mass is 826 g/mol. The molecule has 4 aromatic rings. The molecule has 0 aliphatic carbocycles. The molecule has 0 aromatic heterocycles. The molecular weight excluding hydrogens is 777 g/mol. The van der Waals surface area contributed by atoms with E-state index in [-0.39, 0.29) is 48.6 Å². The van der Waals surface area contributed by atoms with Crippen LogP contribution in [0.15, 0.2) is 119 Å². The van der Waals surface area contributed by atoms with Gasteiger partial charge in [0.1, 0.15) is 24.2 Å². The maximum atomic E-state index is 13.9. The van der Waals surface area contributed by atoms with Gasteiger partial charge in [-0.15, -0.1) is 0 Å². The first kappa shape index (κ1) is 45.1. The molecule has 0 saturated carbocycles. The predicted octanol–water partition coefficient (Wildman–Crippen LogP) is 6.40. The van der Waals surface area contributed by atoms with Crippen LogP contribution in [0.1, 0.15) is 72.4 Å². The molecule has 0 spiro atoms. The minimum Gasteiger partial charge on any atom is -0.480 e. The Bertz CT molecular complexity index is 1890. The van der Waals surface area contributed by atoms with Crippen molar-refractivity contribution in [2.45, 2.75) is 87.3 Å². The van der Waals surface area contributed by atoms with Gasteiger partial charge in [0.05, 0.1) is 11.1 Å². The average molecular weight is 827 g/mol. The molecule has 0 bridgehead atoms. The normalized spacial score (nSPS) is 13.1. The molecule has 0 aliphatic rings. The van der Waals surface area contributed by atoms with E-state index < -0.39 is 59.7 Å². The van der Waals surface area contributed by atoms with Crippen molar-refractivity contribution in [1.29, 1.82) is 0 Å². The fourth-order valence-corrected chi connectivity index (χ4v) is 8.42. The minimum absolute atomic E-state index is 0.00234. The molecule has 6 N–H and O–H groups in total. The highest BCUT2D eigenvalue weighted by molar-refractivity contribution is 8.76. The van der Waals surface area contributed by atoms with Gasteiger partial charge in [-0.1, -0.05) is 134 Å². The molecule has 4 rings (SSSR count). The van der Waals surface area contributed by atoms with Crippen LogP contribution in [0.3, 0.4) is 0 Å². The Morgan fingerprint density at radius 1 is 0.466 bits per heavy atom. The number of carbonyl (C=O) groups is 6. The molecule has 0 heterocycles. The molecule has 306 valence electrons. The van der Waals surface area contributed by atoms with E-state index in [2.05, 4.69) is 21.3 Å². The highest BCUT2D eigenvalue weighted by Gasteiger charge is 2.30. The van der Waals surface area contributed by atoms with Crippen LogP contribution in [0.2, 0.25) is 0 Å². The Balaban J connectivity index is 1.53. The van der Waals surface area contributed by atoms with E-state index in [0.29, 0.717) is 9.79 Å². The Labute approximate surface area is 346 Å². The van der Waals surface area contributed by atoms with E-state index in [4.69, 9.17) is 0 Å². The lowest BCUT2D eigenvalue weighted by molar-refractivity contribution is -0.142. The molecule has 0 saturated heterocycles. The molecule has 4 aromatic carbocycles. The Kier molecular flexibility index (Phi) is 17.4. The maximum absolute atomic E-state index is 13.9. The zero-order chi connectivity index (χ0) is 42.2. The van der Waals surface area contributed by atoms with Crippen molar-refractivity contribution in [3.63, 3.8) is 0 Å². The fourth-order valence-electron chi connectivity index (χ4n) is 6.06. The van der Waals surface area contributed by atoms with Crippen LogP contribution in [0.4, 0.5) is 0 Å². The molecule has 0 radical (unpaired) electrons. The molecule has 0 aliphatic heterocycles. The van der Waals surface area contributed by atoms with E-state index in [1.165, 1.54) is 21.6 Å². The van der Waals surface area contributed by atoms with Crippen molar-refractivity contribution < 1.29 is 39.0 Å². The zero-order valence-electron chi connectivity index (χ0n) is 32.8. The number of hydrogen-bond donors (Lipinski definition) is 6. The summed E-state index contributed by atoms with van der Waals surface area (Å²) >= 11 is 0. The van der Waals surface area contributed by atoms with Crippen molar-refractivity contribution >= 4 is 57.2 Å². The van der Waals surface area contributed by atoms with E-state index in [9.17, 15) is 39.0 Å². The number of benzene rings is 4. The van der Waals surface area contributed by atoms with E-state index >= 15 is 0 Å². The Morgan fingerprint density at radius 2 is 0.793 bits per heavy atom. The van der Waals surface area contributed by atoms with Crippen molar-refractivity contribution in [1.82, 2.24) is 21.3 Å². The van der Waals surface area contributed by atoms with Gasteiger partial charge >= 0.3 is 11.9 Å². The summed E-state index contributed by atoms with van der Waals surface area (Å²) in [6, 6.07) is 27.3. The zero-order valence-corrected chi connectivity index (χ0v) is 34.5. The van der Waals surface area contributed by atoms with Gasteiger partial charge in [0.25, 0.3) is 11.8 Å². The first-order valence-electron chi connectivity index (χ1n) is 19.0. The Morgan fingerprint density at radius 3 is 1.12 bits per heavy atom. The van der Waals surface area contributed by atoms with Crippen molar-refractivity contribution in [2.75, 3.05) is 0 Å². The van der Waals surface area contributed by atoms with Crippen molar-refractivity contribution in [3.8, 4) is 0 Å². The summed E-state index contributed by atoms with van der Waals surface area (Å²) in [6.45, 7) is 7.44. The van der Waals surface area contributed by atoms with Crippen molar-refractivity contribution in [2.24, 2.45) is 11.8 Å². The van der Waals surface area contributed by atoms with E-state index in [0.717, 1.165) is 11.1 Å². The van der Waals surface area contributed by atoms with Crippen LogP contribution in [-0.4, -0.2) is 69.9 Å². The Hall–Kier alpha value is -5.60. The van der Waals surface area contributed by atoms with Crippen LogP contribution in [0.5, 0.6) is 0 Å². The largest absolute Gasteiger partial charge is 0.480 e. The maximum Gasteiger partial charge on any atom is 0.326 e. The second kappa shape index (κ2) is 22.4. The first-order chi connectivity index (χ1) is 27.7. The summed E-state index contributed by atoms with van der Waals surface area (Å²) in [4.78, 5) is 79.9. The van der Waals surface area contributed by atoms with Gasteiger partial charge in [0.2, 0.25) is 11.8 Å². The molecule has 0 unspecified atom stereocenters. The summed E-state index contributed by atoms with van der Waals surface area (Å²) in [5.74, 6) is -4.66. The number of amides is 4. The van der Waals surface area contributed by atoms with E-state index in [1.807, 2.05) is 88.4 Å². The topological polar surface area (TPSA) is 191 Å². The molecule has 4 amide bonds. The summed E-state index contributed by atoms with van der Waals surface area (Å²) in [6.07, 6.45) is 0.676. The molecule has 4 atom stereocenters. The number of carboxylic acids is 2. The van der Waals surface area contributed by atoms with Crippen LogP contribution in [0.25, 0.3) is 0 Å². The fraction of sp³-hybridized carbons (Fsp3) is 0.318. The molecule has 12 nitrogen and oxygen atoms in total. The third-order valence-electron chi connectivity index (χ3n) is 8.94. The lowest BCUT2D eigenvalue weighted by Gasteiger charge is -2.23. The summed E-state index contributed by atoms with van der Waals surface area (Å²) < 4.78 is 0. The number of rotatable bonds is 21. The number of carboxylic acid groups (broad SMARTS) is 2. The highest BCUT2D eigenvalue weighted by atomic mass is 33.1. The predicted molar refractivity (Wildman–Crippen MR) is 225 cm³/mol. The standard InChI is InChI=1S/C44H50N4O8S2/c1-27(2)23-35(43(53)54)47-41(51)33(25-29-15-7-5-8-16-29)45-39(49)31-19-11-13-21-37(31)57-58-38-22-14-12-20-32(38)40(50)46-34(26-30-17-9-6-10-18-30)42(52)48-36(44(55)56)24-28(3)4/h5-22,27-28,33-36H,23-26H2,1-4H3,(H,45,49)(H,46,50)(H,47,51)(H,48,52)(H,53,54)(H,55,56)/t33-,34-,35-,36-/m0/s1. The molecule has 58 heavy (non-hydrogen) atoms. The number of hydrogen-bond acceptors (Lipinski definition) is 8. The molecular formula is C44H50N4O8S2. The van der Waals surface area contributed by atoms with Crippen LogP contribution >= 0.6 is 21.6 Å². The lowest BCUT2D eigenvalue weighted by Crippen LogP contribution is -2.52. The van der Waals surface area contributed by atoms with Gasteiger partial charge in [-0.2, -0.15) is 0 Å². The lowest BCUT2D eigenvalue weighted by atomic mass is 10.0. The SMILES string of the molecule is CC(C)C[C@H](NC(=O)[C@H](Cc1ccccc1)NC(=O)c1ccccc1SSc1ccccc1C(=O)N[C@@H](Cc1ccccc1)C(=O)N[C@@H](CC(C)C)C(=O)O)C(=O)O. The van der Waals surface area contributed by atoms with Crippen LogP contribution in [0, 0.1) is 11.8 Å². The molecule has 14 heteroatoms. The molecule has 0 fully saturated rings. The van der Waals surface area contributed by atoms with Gasteiger partial charge < -0.3 is 31.5 Å². The van der Waals surface area contributed by atoms with Crippen LogP contribution < -0.4 is 21.3 Å². The van der Waals surface area contributed by atoms with Gasteiger partial charge in [-0.05, 0) is 60.1 Å². The second-order valence-corrected chi connectivity index (χ2v) is 16.9. The van der Waals surface area contributed by atoms with Gasteiger partial charge in [0, 0.05) is 22.6 Å². The number of nitrogens with one attached hydrogen (secondary N) is 4. The third-order valence-corrected chi connectivity index (χ3v) is 11.4. The third kappa shape index (κ3) is 14.1. The van der Waals surface area contributed by atoms with Crippen molar-refractivity contribution in [3.05, 3.63) is 131 Å². The summed E-state index contributed by atoms with van der Waals surface area (Å²) in [7, 11) is 2.44. The first-order valence-corrected chi connectivity index (χ1v) is 21.1. The smallest absolute Gasteiger partial charge is 0.326 e. The van der Waals surface area contributed by atoms with Gasteiger partial charge in [-0.25, -0.2) is 9.59 Å². The average Bonchev–Trinajstić information content (AvgIpc) is 3.19. The highest BCUT2D eigenvalue weighted by Crippen LogP contribution is 2.40. The van der Waals surface area contributed by atoms with Crippen LogP contribution in [-0.2, 0) is 32.0 Å². The number of aliphatic carboxylic acids is 2. The summed E-state index contributed by atoms with van der Waals surface area (Å²) in [5.41, 5.74) is 2.07. The quantitative estimate of drug-likeness (QED) is 0.0513.